The van der Waals surface area contributed by atoms with Gasteiger partial charge in [-0.1, -0.05) is 76.2 Å². The molecule has 1 unspecified atom stereocenters. The molecule has 5 heteroatoms. The van der Waals surface area contributed by atoms with Crippen LogP contribution < -0.4 is 0 Å². The van der Waals surface area contributed by atoms with Crippen molar-refractivity contribution in [2.45, 2.75) is 66.8 Å². The molecule has 0 bridgehead atoms. The van der Waals surface area contributed by atoms with Crippen molar-refractivity contribution in [1.29, 1.82) is 0 Å². The number of carbonyl (C=O) groups is 1. The summed E-state index contributed by atoms with van der Waals surface area (Å²) in [5.74, 6) is 0. The van der Waals surface area contributed by atoms with Gasteiger partial charge in [-0.3, -0.25) is 0 Å². The first-order valence-corrected chi connectivity index (χ1v) is 9.47. The third kappa shape index (κ3) is 7.50. The lowest BCUT2D eigenvalue weighted by Gasteiger charge is -2.30. The Bertz CT molecular complexity index is 540. The van der Waals surface area contributed by atoms with Crippen LogP contribution in [0.1, 0.15) is 59.9 Å². The van der Waals surface area contributed by atoms with Gasteiger partial charge in [0.1, 0.15) is 0 Å². The number of amides is 1. The summed E-state index contributed by atoms with van der Waals surface area (Å²) in [7, 11) is 0. The maximum absolute atomic E-state index is 12.5. The Morgan fingerprint density at radius 1 is 1.04 bits per heavy atom. The highest BCUT2D eigenvalue weighted by Gasteiger charge is 2.24. The van der Waals surface area contributed by atoms with E-state index in [0.29, 0.717) is 6.54 Å². The van der Waals surface area contributed by atoms with Gasteiger partial charge < -0.3 is 4.90 Å². The number of rotatable bonds is 6. The number of likely N-dealkylation sites (N-methyl/N-ethyl adjacent to an activating group) is 1. The molecular formula is C20H34N4O. The number of aromatic nitrogens is 3. The molecule has 0 spiro atoms. The quantitative estimate of drug-likeness (QED) is 0.737. The molecule has 2 aromatic rings. The number of nitrogens with zero attached hydrogens (tertiary/aromatic N) is 4. The summed E-state index contributed by atoms with van der Waals surface area (Å²) in [6.07, 6.45) is 5.91. The van der Waals surface area contributed by atoms with Crippen molar-refractivity contribution in [2.75, 3.05) is 6.54 Å². The SMILES string of the molecule is CC.CC.CCCC(Cc1ccccc1)N(CC)C(=O)n1nccn1. The fourth-order valence-electron chi connectivity index (χ4n) is 2.57. The molecule has 1 amide bonds. The maximum Gasteiger partial charge on any atom is 0.362 e. The van der Waals surface area contributed by atoms with Crippen molar-refractivity contribution in [1.82, 2.24) is 19.9 Å². The Hall–Kier alpha value is -2.17. The molecule has 0 aliphatic heterocycles. The molecule has 5 nitrogen and oxygen atoms in total. The van der Waals surface area contributed by atoms with Crippen molar-refractivity contribution in [3.8, 4) is 0 Å². The van der Waals surface area contributed by atoms with Crippen LogP contribution in [0.5, 0.6) is 0 Å². The zero-order chi connectivity index (χ0) is 19.1. The van der Waals surface area contributed by atoms with Gasteiger partial charge >= 0.3 is 6.03 Å². The molecule has 0 saturated heterocycles. The molecule has 0 fully saturated rings. The topological polar surface area (TPSA) is 51.0 Å². The first kappa shape index (κ1) is 22.8. The first-order chi connectivity index (χ1) is 12.3. The monoisotopic (exact) mass is 346 g/mol. The van der Waals surface area contributed by atoms with Gasteiger partial charge in [0.05, 0.1) is 12.4 Å². The van der Waals surface area contributed by atoms with Crippen LogP contribution >= 0.6 is 0 Å². The van der Waals surface area contributed by atoms with E-state index in [1.54, 1.807) is 0 Å². The molecule has 1 atom stereocenters. The van der Waals surface area contributed by atoms with Crippen molar-refractivity contribution in [2.24, 2.45) is 0 Å². The van der Waals surface area contributed by atoms with Gasteiger partial charge in [-0.15, -0.1) is 0 Å². The van der Waals surface area contributed by atoms with E-state index in [4.69, 9.17) is 0 Å². The zero-order valence-electron chi connectivity index (χ0n) is 16.6. The van der Waals surface area contributed by atoms with Crippen LogP contribution in [0.3, 0.4) is 0 Å². The molecule has 0 radical (unpaired) electrons. The van der Waals surface area contributed by atoms with Gasteiger partial charge in [0, 0.05) is 12.6 Å². The summed E-state index contributed by atoms with van der Waals surface area (Å²) in [5.41, 5.74) is 1.25. The number of hydrogen-bond donors (Lipinski definition) is 0. The predicted molar refractivity (Wildman–Crippen MR) is 105 cm³/mol. The summed E-state index contributed by atoms with van der Waals surface area (Å²) in [5, 5.41) is 7.90. The smallest absolute Gasteiger partial charge is 0.319 e. The van der Waals surface area contributed by atoms with Crippen LogP contribution in [0, 0.1) is 0 Å². The van der Waals surface area contributed by atoms with Crippen molar-refractivity contribution >= 4 is 6.03 Å². The highest BCUT2D eigenvalue weighted by Crippen LogP contribution is 2.15. The predicted octanol–water partition coefficient (Wildman–Crippen LogP) is 5.03. The molecule has 0 aliphatic carbocycles. The van der Waals surface area contributed by atoms with E-state index in [-0.39, 0.29) is 12.1 Å². The van der Waals surface area contributed by atoms with Crippen molar-refractivity contribution in [3.63, 3.8) is 0 Å². The van der Waals surface area contributed by atoms with Crippen LogP contribution in [0.25, 0.3) is 0 Å². The number of carbonyl (C=O) groups excluding carboxylic acids is 1. The molecule has 1 aromatic carbocycles. The fourth-order valence-corrected chi connectivity index (χ4v) is 2.57. The first-order valence-electron chi connectivity index (χ1n) is 9.47. The molecular weight excluding hydrogens is 312 g/mol. The molecule has 140 valence electrons. The van der Waals surface area contributed by atoms with E-state index in [1.165, 1.54) is 18.0 Å². The fraction of sp³-hybridized carbons (Fsp3) is 0.550. The average Bonchev–Trinajstić information content (AvgIpc) is 3.21. The number of benzene rings is 1. The molecule has 0 N–H and O–H groups in total. The Kier molecular flexibility index (Phi) is 13.0. The van der Waals surface area contributed by atoms with E-state index in [0.717, 1.165) is 24.1 Å². The summed E-state index contributed by atoms with van der Waals surface area (Å²) in [6, 6.07) is 10.3. The normalized spacial score (nSPS) is 10.6. The van der Waals surface area contributed by atoms with Gasteiger partial charge in [0.25, 0.3) is 0 Å². The van der Waals surface area contributed by atoms with Crippen LogP contribution in [-0.2, 0) is 6.42 Å². The molecule has 2 rings (SSSR count). The van der Waals surface area contributed by atoms with Crippen LogP contribution in [0.2, 0.25) is 0 Å². The minimum atomic E-state index is -0.156. The van der Waals surface area contributed by atoms with Crippen LogP contribution in [-0.4, -0.2) is 38.5 Å². The summed E-state index contributed by atoms with van der Waals surface area (Å²) >= 11 is 0. The third-order valence-electron chi connectivity index (χ3n) is 3.55. The second-order valence-electron chi connectivity index (χ2n) is 5.02. The van der Waals surface area contributed by atoms with Crippen LogP contribution in [0.4, 0.5) is 4.79 Å². The lowest BCUT2D eigenvalue weighted by atomic mass is 10.0. The Balaban J connectivity index is 0.00000134. The molecule has 0 saturated carbocycles. The second-order valence-corrected chi connectivity index (χ2v) is 5.02. The largest absolute Gasteiger partial charge is 0.362 e. The van der Waals surface area contributed by atoms with Gasteiger partial charge in [0.15, 0.2) is 0 Å². The van der Waals surface area contributed by atoms with Crippen molar-refractivity contribution in [3.05, 3.63) is 48.3 Å². The molecule has 0 aliphatic rings. The van der Waals surface area contributed by atoms with E-state index in [1.807, 2.05) is 57.7 Å². The lowest BCUT2D eigenvalue weighted by Crippen LogP contribution is -2.44. The minimum Gasteiger partial charge on any atom is -0.319 e. The van der Waals surface area contributed by atoms with Crippen LogP contribution in [0.15, 0.2) is 42.7 Å². The Morgan fingerprint density at radius 3 is 2.08 bits per heavy atom. The van der Waals surface area contributed by atoms with E-state index in [2.05, 4.69) is 29.3 Å². The summed E-state index contributed by atoms with van der Waals surface area (Å²) < 4.78 is 0. The van der Waals surface area contributed by atoms with E-state index in [9.17, 15) is 4.79 Å². The van der Waals surface area contributed by atoms with E-state index >= 15 is 0 Å². The molecule has 25 heavy (non-hydrogen) atoms. The third-order valence-corrected chi connectivity index (χ3v) is 3.55. The highest BCUT2D eigenvalue weighted by molar-refractivity contribution is 5.75. The summed E-state index contributed by atoms with van der Waals surface area (Å²) in [4.78, 5) is 15.5. The van der Waals surface area contributed by atoms with Gasteiger partial charge in [-0.2, -0.15) is 10.2 Å². The van der Waals surface area contributed by atoms with Gasteiger partial charge in [-0.25, -0.2) is 4.79 Å². The lowest BCUT2D eigenvalue weighted by molar-refractivity contribution is 0.168. The standard InChI is InChI=1S/C16H22N4O.2C2H6/c1-3-8-15(13-14-9-6-5-7-10-14)19(4-2)16(21)20-17-11-12-18-20;2*1-2/h5-7,9-12,15H,3-4,8,13H2,1-2H3;2*1-2H3. The van der Waals surface area contributed by atoms with Gasteiger partial charge in [-0.05, 0) is 25.3 Å². The minimum absolute atomic E-state index is 0.156. The maximum atomic E-state index is 12.5. The Labute approximate surface area is 153 Å². The molecule has 1 heterocycles. The zero-order valence-corrected chi connectivity index (χ0v) is 16.6. The van der Waals surface area contributed by atoms with Crippen molar-refractivity contribution < 1.29 is 4.79 Å². The van der Waals surface area contributed by atoms with Gasteiger partial charge in [0.2, 0.25) is 0 Å². The Morgan fingerprint density at radius 2 is 1.60 bits per heavy atom. The number of hydrogen-bond acceptors (Lipinski definition) is 3. The average molecular weight is 347 g/mol. The highest BCUT2D eigenvalue weighted by atomic mass is 16.2. The second kappa shape index (κ2) is 14.2. The summed E-state index contributed by atoms with van der Waals surface area (Å²) in [6.45, 7) is 12.8. The molecule has 1 aromatic heterocycles. The van der Waals surface area contributed by atoms with E-state index < -0.39 is 0 Å².